The molecule has 0 saturated carbocycles. The number of aromatic nitrogens is 2. The van der Waals surface area contributed by atoms with Crippen molar-refractivity contribution < 1.29 is 9.84 Å². The van der Waals surface area contributed by atoms with Gasteiger partial charge in [-0.2, -0.15) is 0 Å². The summed E-state index contributed by atoms with van der Waals surface area (Å²) < 4.78 is 7.89. The fourth-order valence-corrected chi connectivity index (χ4v) is 2.82. The van der Waals surface area contributed by atoms with Crippen molar-refractivity contribution in [2.24, 2.45) is 5.11 Å². The van der Waals surface area contributed by atoms with Crippen molar-refractivity contribution in [2.45, 2.75) is 32.3 Å². The number of aryl methyl sites for hydroxylation is 1. The van der Waals surface area contributed by atoms with Crippen molar-refractivity contribution in [3.05, 3.63) is 76.4 Å². The molecule has 0 aliphatic heterocycles. The van der Waals surface area contributed by atoms with Gasteiger partial charge >= 0.3 is 0 Å². The number of para-hydroxylation sites is 2. The van der Waals surface area contributed by atoms with Crippen molar-refractivity contribution in [1.82, 2.24) is 9.55 Å². The molecule has 0 saturated heterocycles. The molecule has 0 fully saturated rings. The van der Waals surface area contributed by atoms with Crippen LogP contribution in [0.5, 0.6) is 0 Å². The number of rotatable bonds is 9. The lowest BCUT2D eigenvalue weighted by Crippen LogP contribution is -2.15. The first-order chi connectivity index (χ1) is 12.8. The van der Waals surface area contributed by atoms with Crippen molar-refractivity contribution >= 4 is 11.0 Å². The lowest BCUT2D eigenvalue weighted by Gasteiger charge is -2.12. The number of aliphatic hydroxyl groups excluding tert-OH is 1. The van der Waals surface area contributed by atoms with Gasteiger partial charge in [-0.15, -0.1) is 0 Å². The molecular weight excluding hydrogens is 330 g/mol. The van der Waals surface area contributed by atoms with Crippen molar-refractivity contribution in [3.63, 3.8) is 0 Å². The van der Waals surface area contributed by atoms with Crippen LogP contribution in [0.15, 0.2) is 59.7 Å². The molecule has 0 aliphatic carbocycles. The van der Waals surface area contributed by atoms with E-state index in [4.69, 9.17) is 10.3 Å². The van der Waals surface area contributed by atoms with Crippen LogP contribution in [0.4, 0.5) is 0 Å². The normalized spacial score (nSPS) is 12.0. The van der Waals surface area contributed by atoms with Crippen LogP contribution in [0.2, 0.25) is 0 Å². The summed E-state index contributed by atoms with van der Waals surface area (Å²) in [7, 11) is 0. The van der Waals surface area contributed by atoms with Crippen LogP contribution < -0.4 is 0 Å². The van der Waals surface area contributed by atoms with Gasteiger partial charge in [0.1, 0.15) is 12.4 Å². The summed E-state index contributed by atoms with van der Waals surface area (Å²) >= 11 is 0. The Bertz CT molecular complexity index is 887. The first-order valence-electron chi connectivity index (χ1n) is 8.52. The van der Waals surface area contributed by atoms with E-state index < -0.39 is 6.10 Å². The molecule has 3 aromatic rings. The predicted octanol–water partition coefficient (Wildman–Crippen LogP) is 3.81. The molecule has 0 amide bonds. The SMILES string of the molecule is [N-]=[N+]=NCC(O)CCn1c(COCc2ccccc2)nc2ccccc21. The van der Waals surface area contributed by atoms with Crippen LogP contribution in [-0.4, -0.2) is 27.3 Å². The van der Waals surface area contributed by atoms with Gasteiger partial charge in [0.05, 0.1) is 30.3 Å². The average molecular weight is 351 g/mol. The molecule has 3 rings (SSSR count). The van der Waals surface area contributed by atoms with E-state index in [1.54, 1.807) is 0 Å². The van der Waals surface area contributed by atoms with Gasteiger partial charge < -0.3 is 14.4 Å². The second-order valence-electron chi connectivity index (χ2n) is 6.00. The maximum Gasteiger partial charge on any atom is 0.136 e. The molecule has 0 aliphatic rings. The maximum absolute atomic E-state index is 9.94. The van der Waals surface area contributed by atoms with Gasteiger partial charge in [0.15, 0.2) is 0 Å². The van der Waals surface area contributed by atoms with Crippen LogP contribution in [-0.2, 0) is 24.5 Å². The minimum atomic E-state index is -0.676. The van der Waals surface area contributed by atoms with Crippen LogP contribution >= 0.6 is 0 Å². The Kier molecular flexibility index (Phi) is 6.22. The zero-order valence-electron chi connectivity index (χ0n) is 14.4. The second-order valence-corrected chi connectivity index (χ2v) is 6.00. The Labute approximate surface area is 151 Å². The standard InChI is InChI=1S/C19H21N5O2/c20-23-21-12-16(25)10-11-24-18-9-5-4-8-17(18)22-19(24)14-26-13-15-6-2-1-3-7-15/h1-9,16,25H,10-14H2. The van der Waals surface area contributed by atoms with E-state index in [2.05, 4.69) is 19.6 Å². The van der Waals surface area contributed by atoms with E-state index in [9.17, 15) is 5.11 Å². The van der Waals surface area contributed by atoms with Gasteiger partial charge in [-0.3, -0.25) is 0 Å². The zero-order valence-corrected chi connectivity index (χ0v) is 14.4. The second kappa shape index (κ2) is 9.01. The molecule has 1 aromatic heterocycles. The number of ether oxygens (including phenoxy) is 1. The fraction of sp³-hybridized carbons (Fsp3) is 0.316. The van der Waals surface area contributed by atoms with E-state index in [1.807, 2.05) is 54.6 Å². The van der Waals surface area contributed by atoms with E-state index in [0.717, 1.165) is 22.4 Å². The Morgan fingerprint density at radius 3 is 2.69 bits per heavy atom. The Morgan fingerprint density at radius 2 is 1.88 bits per heavy atom. The number of hydrogen-bond donors (Lipinski definition) is 1. The quantitative estimate of drug-likeness (QED) is 0.360. The summed E-state index contributed by atoms with van der Waals surface area (Å²) in [4.78, 5) is 7.34. The summed E-state index contributed by atoms with van der Waals surface area (Å²) in [5, 5.41) is 13.4. The molecule has 1 heterocycles. The van der Waals surface area contributed by atoms with Gasteiger partial charge in [0, 0.05) is 11.5 Å². The smallest absolute Gasteiger partial charge is 0.136 e. The Hall–Kier alpha value is -2.86. The highest BCUT2D eigenvalue weighted by molar-refractivity contribution is 5.75. The van der Waals surface area contributed by atoms with E-state index in [0.29, 0.717) is 26.2 Å². The Morgan fingerprint density at radius 1 is 1.12 bits per heavy atom. The Balaban J connectivity index is 1.70. The number of benzene rings is 2. The van der Waals surface area contributed by atoms with Crippen molar-refractivity contribution in [2.75, 3.05) is 6.54 Å². The number of aliphatic hydroxyl groups is 1. The predicted molar refractivity (Wildman–Crippen MR) is 99.3 cm³/mol. The molecule has 1 N–H and O–H groups in total. The van der Waals surface area contributed by atoms with E-state index >= 15 is 0 Å². The molecule has 26 heavy (non-hydrogen) atoms. The highest BCUT2D eigenvalue weighted by atomic mass is 16.5. The minimum Gasteiger partial charge on any atom is -0.393 e. The topological polar surface area (TPSA) is 96.0 Å². The third-order valence-electron chi connectivity index (χ3n) is 4.12. The highest BCUT2D eigenvalue weighted by Gasteiger charge is 2.12. The van der Waals surface area contributed by atoms with E-state index in [1.165, 1.54) is 0 Å². The lowest BCUT2D eigenvalue weighted by atomic mass is 10.2. The van der Waals surface area contributed by atoms with Crippen molar-refractivity contribution in [1.29, 1.82) is 0 Å². The lowest BCUT2D eigenvalue weighted by molar-refractivity contribution is 0.0985. The van der Waals surface area contributed by atoms with Crippen LogP contribution in [0.25, 0.3) is 21.5 Å². The zero-order chi connectivity index (χ0) is 18.2. The molecule has 1 atom stereocenters. The van der Waals surface area contributed by atoms with Crippen LogP contribution in [0, 0.1) is 0 Å². The largest absolute Gasteiger partial charge is 0.393 e. The number of azide groups is 1. The third kappa shape index (κ3) is 4.61. The summed E-state index contributed by atoms with van der Waals surface area (Å²) in [5.74, 6) is 0.818. The van der Waals surface area contributed by atoms with Gasteiger partial charge in [-0.1, -0.05) is 47.6 Å². The molecule has 1 unspecified atom stereocenters. The van der Waals surface area contributed by atoms with Crippen LogP contribution in [0.1, 0.15) is 17.8 Å². The molecule has 0 bridgehead atoms. The molecule has 7 heteroatoms. The summed E-state index contributed by atoms with van der Waals surface area (Å²) in [6.07, 6.45) is -0.199. The number of hydrogen-bond acceptors (Lipinski definition) is 4. The van der Waals surface area contributed by atoms with Crippen LogP contribution in [0.3, 0.4) is 0 Å². The van der Waals surface area contributed by atoms with Crippen molar-refractivity contribution in [3.8, 4) is 0 Å². The number of fused-ring (bicyclic) bond motifs is 1. The first kappa shape index (κ1) is 17.9. The first-order valence-corrected chi connectivity index (χ1v) is 8.52. The summed E-state index contributed by atoms with van der Waals surface area (Å²) in [5.41, 5.74) is 11.4. The maximum atomic E-state index is 9.94. The highest BCUT2D eigenvalue weighted by Crippen LogP contribution is 2.18. The summed E-state index contributed by atoms with van der Waals surface area (Å²) in [6, 6.07) is 17.9. The fourth-order valence-electron chi connectivity index (χ4n) is 2.82. The third-order valence-corrected chi connectivity index (χ3v) is 4.12. The molecule has 7 nitrogen and oxygen atoms in total. The number of nitrogens with zero attached hydrogens (tertiary/aromatic N) is 5. The summed E-state index contributed by atoms with van der Waals surface area (Å²) in [6.45, 7) is 1.55. The molecule has 134 valence electrons. The molecular formula is C19H21N5O2. The minimum absolute atomic E-state index is 0.0724. The molecule has 0 radical (unpaired) electrons. The van der Waals surface area contributed by atoms with Gasteiger partial charge in [0.2, 0.25) is 0 Å². The van der Waals surface area contributed by atoms with E-state index in [-0.39, 0.29) is 6.54 Å². The molecule has 0 spiro atoms. The average Bonchev–Trinajstić information content (AvgIpc) is 3.03. The van der Waals surface area contributed by atoms with Gasteiger partial charge in [-0.25, -0.2) is 4.98 Å². The molecule has 2 aromatic carbocycles. The number of imidazole rings is 1. The van der Waals surface area contributed by atoms with Gasteiger partial charge in [0.25, 0.3) is 0 Å². The van der Waals surface area contributed by atoms with Gasteiger partial charge in [-0.05, 0) is 29.6 Å². The monoisotopic (exact) mass is 351 g/mol.